The molecule has 1 aliphatic carbocycles. The van der Waals surface area contributed by atoms with Gasteiger partial charge in [0, 0.05) is 24.0 Å². The molecule has 1 fully saturated rings. The summed E-state index contributed by atoms with van der Waals surface area (Å²) in [7, 11) is 0. The van der Waals surface area contributed by atoms with Crippen LogP contribution in [0.4, 0.5) is 0 Å². The van der Waals surface area contributed by atoms with E-state index in [1.165, 1.54) is 12.8 Å². The highest BCUT2D eigenvalue weighted by atomic mass is 35.5. The molecule has 1 aromatic rings. The van der Waals surface area contributed by atoms with Crippen molar-refractivity contribution in [2.24, 2.45) is 5.92 Å². The summed E-state index contributed by atoms with van der Waals surface area (Å²) in [6.45, 7) is 5.30. The number of nitrogens with zero attached hydrogens (tertiary/aromatic N) is 1. The fraction of sp³-hybridized carbons (Fsp3) is 0.611. The number of carbonyl (C=O) groups is 1. The summed E-state index contributed by atoms with van der Waals surface area (Å²) in [4.78, 5) is 15.0. The van der Waals surface area contributed by atoms with Crippen LogP contribution in [0, 0.1) is 5.92 Å². The van der Waals surface area contributed by atoms with Gasteiger partial charge < -0.3 is 4.90 Å². The van der Waals surface area contributed by atoms with E-state index in [1.54, 1.807) is 0 Å². The van der Waals surface area contributed by atoms with Crippen molar-refractivity contribution in [1.82, 2.24) is 4.90 Å². The molecule has 1 amide bonds. The Morgan fingerprint density at radius 3 is 2.38 bits per heavy atom. The lowest BCUT2D eigenvalue weighted by Gasteiger charge is -2.30. The molecule has 0 heterocycles. The van der Waals surface area contributed by atoms with E-state index < -0.39 is 0 Å². The maximum atomic E-state index is 12.8. The number of hydrogen-bond acceptors (Lipinski definition) is 1. The Bertz CT molecular complexity index is 449. The molecule has 0 saturated heterocycles. The van der Waals surface area contributed by atoms with Gasteiger partial charge in [0.15, 0.2) is 0 Å². The van der Waals surface area contributed by atoms with Crippen LogP contribution < -0.4 is 0 Å². The van der Waals surface area contributed by atoms with E-state index in [4.69, 9.17) is 11.6 Å². The first-order valence-electron chi connectivity index (χ1n) is 8.07. The van der Waals surface area contributed by atoms with Crippen molar-refractivity contribution in [3.63, 3.8) is 0 Å². The molecule has 116 valence electrons. The third-order valence-electron chi connectivity index (χ3n) is 4.33. The maximum Gasteiger partial charge on any atom is 0.254 e. The minimum atomic E-state index is 0.184. The third-order valence-corrected chi connectivity index (χ3v) is 4.64. The molecule has 0 unspecified atom stereocenters. The topological polar surface area (TPSA) is 20.3 Å². The predicted octanol–water partition coefficient (Wildman–Crippen LogP) is 4.86. The Morgan fingerprint density at radius 1 is 1.24 bits per heavy atom. The summed E-state index contributed by atoms with van der Waals surface area (Å²) in [6, 6.07) is 8.17. The van der Waals surface area contributed by atoms with Crippen molar-refractivity contribution in [3.8, 4) is 0 Å². The number of halogens is 1. The van der Waals surface area contributed by atoms with Crippen LogP contribution in [0.1, 0.15) is 61.9 Å². The fourth-order valence-electron chi connectivity index (χ4n) is 2.97. The predicted molar refractivity (Wildman–Crippen MR) is 88.7 cm³/mol. The van der Waals surface area contributed by atoms with Crippen LogP contribution in [0.15, 0.2) is 24.3 Å². The van der Waals surface area contributed by atoms with Gasteiger partial charge in [-0.05, 0) is 42.9 Å². The van der Waals surface area contributed by atoms with E-state index in [2.05, 4.69) is 18.7 Å². The average molecular weight is 308 g/mol. The van der Waals surface area contributed by atoms with Crippen LogP contribution in [0.25, 0.3) is 0 Å². The van der Waals surface area contributed by atoms with Gasteiger partial charge >= 0.3 is 0 Å². The third kappa shape index (κ3) is 4.47. The molecule has 21 heavy (non-hydrogen) atoms. The smallest absolute Gasteiger partial charge is 0.254 e. The molecule has 1 aliphatic rings. The molecule has 1 aromatic carbocycles. The molecule has 0 bridgehead atoms. The maximum absolute atomic E-state index is 12.8. The highest BCUT2D eigenvalue weighted by molar-refractivity contribution is 6.17. The van der Waals surface area contributed by atoms with E-state index in [0.29, 0.717) is 17.8 Å². The van der Waals surface area contributed by atoms with Gasteiger partial charge in [0.05, 0.1) is 0 Å². The fourth-order valence-corrected chi connectivity index (χ4v) is 3.14. The molecular weight excluding hydrogens is 282 g/mol. The van der Waals surface area contributed by atoms with Gasteiger partial charge in [-0.25, -0.2) is 0 Å². The van der Waals surface area contributed by atoms with E-state index in [9.17, 15) is 4.79 Å². The van der Waals surface area contributed by atoms with Gasteiger partial charge in [-0.15, -0.1) is 11.6 Å². The molecule has 2 rings (SSSR count). The Labute approximate surface area is 133 Å². The highest BCUT2D eigenvalue weighted by Crippen LogP contribution is 2.26. The number of rotatable bonds is 6. The van der Waals surface area contributed by atoms with Gasteiger partial charge in [-0.3, -0.25) is 4.79 Å². The standard InChI is InChI=1S/C18H26ClNO/c1-14(2)11-12-20(17-5-3-4-6-17)18(21)16-9-7-15(13-19)8-10-16/h7-10,14,17H,3-6,11-13H2,1-2H3. The van der Waals surface area contributed by atoms with E-state index in [-0.39, 0.29) is 5.91 Å². The molecule has 0 aliphatic heterocycles. The van der Waals surface area contributed by atoms with Crippen LogP contribution in [0.5, 0.6) is 0 Å². The normalized spacial score (nSPS) is 15.6. The Balaban J connectivity index is 2.11. The molecular formula is C18H26ClNO. The average Bonchev–Trinajstić information content (AvgIpc) is 3.01. The number of hydrogen-bond donors (Lipinski definition) is 0. The second kappa shape index (κ2) is 7.84. The van der Waals surface area contributed by atoms with E-state index in [0.717, 1.165) is 36.9 Å². The second-order valence-electron chi connectivity index (χ2n) is 6.45. The first-order chi connectivity index (χ1) is 10.1. The van der Waals surface area contributed by atoms with Crippen LogP contribution >= 0.6 is 11.6 Å². The molecule has 3 heteroatoms. The van der Waals surface area contributed by atoms with Gasteiger partial charge in [0.2, 0.25) is 0 Å². The van der Waals surface area contributed by atoms with Gasteiger partial charge in [-0.2, -0.15) is 0 Å². The highest BCUT2D eigenvalue weighted by Gasteiger charge is 2.27. The first-order valence-corrected chi connectivity index (χ1v) is 8.61. The number of carbonyl (C=O) groups excluding carboxylic acids is 1. The summed E-state index contributed by atoms with van der Waals surface area (Å²) in [6.07, 6.45) is 5.89. The molecule has 0 radical (unpaired) electrons. The van der Waals surface area contributed by atoms with Gasteiger partial charge in [0.1, 0.15) is 0 Å². The minimum absolute atomic E-state index is 0.184. The SMILES string of the molecule is CC(C)CCN(C(=O)c1ccc(CCl)cc1)C1CCCC1. The lowest BCUT2D eigenvalue weighted by molar-refractivity contribution is 0.0672. The monoisotopic (exact) mass is 307 g/mol. The number of amides is 1. The molecule has 2 nitrogen and oxygen atoms in total. The lowest BCUT2D eigenvalue weighted by atomic mass is 10.1. The molecule has 0 N–H and O–H groups in total. The van der Waals surface area contributed by atoms with E-state index in [1.807, 2.05) is 24.3 Å². The largest absolute Gasteiger partial charge is 0.336 e. The quantitative estimate of drug-likeness (QED) is 0.688. The van der Waals surface area contributed by atoms with Gasteiger partial charge in [0.25, 0.3) is 5.91 Å². The molecule has 0 atom stereocenters. The van der Waals surface area contributed by atoms with Crippen LogP contribution in [0.3, 0.4) is 0 Å². The molecule has 1 saturated carbocycles. The number of alkyl halides is 1. The zero-order valence-corrected chi connectivity index (χ0v) is 13.9. The summed E-state index contributed by atoms with van der Waals surface area (Å²) < 4.78 is 0. The van der Waals surface area contributed by atoms with Crippen molar-refractivity contribution in [1.29, 1.82) is 0 Å². The van der Waals surface area contributed by atoms with E-state index >= 15 is 0 Å². The van der Waals surface area contributed by atoms with Crippen molar-refractivity contribution in [3.05, 3.63) is 35.4 Å². The minimum Gasteiger partial charge on any atom is -0.336 e. The Hall–Kier alpha value is -1.02. The van der Waals surface area contributed by atoms with Crippen molar-refractivity contribution in [2.45, 2.75) is 57.9 Å². The summed E-state index contributed by atoms with van der Waals surface area (Å²) >= 11 is 5.81. The first kappa shape index (κ1) is 16.4. The second-order valence-corrected chi connectivity index (χ2v) is 6.72. The Morgan fingerprint density at radius 2 is 1.86 bits per heavy atom. The summed E-state index contributed by atoms with van der Waals surface area (Å²) in [5, 5.41) is 0. The summed E-state index contributed by atoms with van der Waals surface area (Å²) in [5.41, 5.74) is 1.85. The van der Waals surface area contributed by atoms with Crippen molar-refractivity contribution < 1.29 is 4.79 Å². The van der Waals surface area contributed by atoms with Crippen molar-refractivity contribution in [2.75, 3.05) is 6.54 Å². The number of benzene rings is 1. The zero-order chi connectivity index (χ0) is 15.2. The van der Waals surface area contributed by atoms with Crippen LogP contribution in [0.2, 0.25) is 0 Å². The molecule has 0 spiro atoms. The zero-order valence-electron chi connectivity index (χ0n) is 13.1. The lowest BCUT2D eigenvalue weighted by Crippen LogP contribution is -2.40. The van der Waals surface area contributed by atoms with Crippen LogP contribution in [-0.2, 0) is 5.88 Å². The van der Waals surface area contributed by atoms with Crippen LogP contribution in [-0.4, -0.2) is 23.4 Å². The Kier molecular flexibility index (Phi) is 6.10. The summed E-state index contributed by atoms with van der Waals surface area (Å²) in [5.74, 6) is 1.30. The van der Waals surface area contributed by atoms with Gasteiger partial charge in [-0.1, -0.05) is 38.8 Å². The van der Waals surface area contributed by atoms with Crippen molar-refractivity contribution >= 4 is 17.5 Å². The molecule has 0 aromatic heterocycles.